The third-order valence-corrected chi connectivity index (χ3v) is 6.64. The van der Waals surface area contributed by atoms with Crippen molar-refractivity contribution in [2.24, 2.45) is 11.7 Å². The van der Waals surface area contributed by atoms with Crippen molar-refractivity contribution in [1.29, 1.82) is 0 Å². The number of benzene rings is 1. The lowest BCUT2D eigenvalue weighted by molar-refractivity contribution is -0.152. The van der Waals surface area contributed by atoms with Crippen molar-refractivity contribution >= 4 is 29.5 Å². The number of esters is 1. The zero-order valence-electron chi connectivity index (χ0n) is 21.5. The lowest BCUT2D eigenvalue weighted by atomic mass is 10.0. The molecule has 2 aromatic heterocycles. The van der Waals surface area contributed by atoms with Gasteiger partial charge in [0.05, 0.1) is 11.5 Å². The van der Waals surface area contributed by atoms with E-state index in [1.807, 2.05) is 32.0 Å². The van der Waals surface area contributed by atoms with Crippen LogP contribution < -0.4 is 11.4 Å². The van der Waals surface area contributed by atoms with Crippen LogP contribution in [0.4, 0.5) is 0 Å². The number of aliphatic hydroxyl groups is 1. The minimum absolute atomic E-state index is 0. The molecule has 1 aromatic carbocycles. The van der Waals surface area contributed by atoms with Gasteiger partial charge in [0.1, 0.15) is 30.7 Å². The van der Waals surface area contributed by atoms with Gasteiger partial charge in [-0.1, -0.05) is 57.9 Å². The summed E-state index contributed by atoms with van der Waals surface area (Å²) in [6.45, 7) is 5.69. The summed E-state index contributed by atoms with van der Waals surface area (Å²) in [6, 6.07) is 9.31. The molecule has 10 heteroatoms. The summed E-state index contributed by atoms with van der Waals surface area (Å²) in [5, 5.41) is 11.1. The Hall–Kier alpha value is -2.72. The zero-order chi connectivity index (χ0) is 25.8. The number of furan rings is 1. The molecule has 0 radical (unpaired) electrons. The van der Waals surface area contributed by atoms with Crippen molar-refractivity contribution in [3.8, 4) is 11.3 Å². The van der Waals surface area contributed by atoms with Crippen molar-refractivity contribution in [3.05, 3.63) is 52.6 Å². The maximum absolute atomic E-state index is 12.7. The Bertz CT molecular complexity index is 1240. The molecule has 0 aliphatic carbocycles. The van der Waals surface area contributed by atoms with Gasteiger partial charge in [0, 0.05) is 18.2 Å². The van der Waals surface area contributed by atoms with E-state index in [0.717, 1.165) is 12.0 Å². The molecule has 3 N–H and O–H groups in total. The fourth-order valence-corrected chi connectivity index (χ4v) is 4.26. The van der Waals surface area contributed by atoms with Crippen LogP contribution in [0.2, 0.25) is 0 Å². The summed E-state index contributed by atoms with van der Waals surface area (Å²) in [7, 11) is 0. The SMILES string of the molecule is CCCCCc1ccc(-c2cc3cn(C4CC(O)C(COC(=O)C(N)C(C)C)O4)c(=O)nc3o2)cc1.Cl. The maximum Gasteiger partial charge on any atom is 0.353 e. The second-order valence-electron chi connectivity index (χ2n) is 9.79. The molecule has 1 aliphatic heterocycles. The summed E-state index contributed by atoms with van der Waals surface area (Å²) in [6.07, 6.45) is 4.00. The number of halogens is 1. The normalized spacial score (nSPS) is 20.2. The van der Waals surface area contributed by atoms with Crippen molar-refractivity contribution in [2.75, 3.05) is 6.61 Å². The van der Waals surface area contributed by atoms with Gasteiger partial charge in [-0.25, -0.2) is 4.79 Å². The second-order valence-corrected chi connectivity index (χ2v) is 9.79. The summed E-state index contributed by atoms with van der Waals surface area (Å²) >= 11 is 0. The lowest BCUT2D eigenvalue weighted by Crippen LogP contribution is -2.39. The minimum Gasteiger partial charge on any atom is -0.462 e. The van der Waals surface area contributed by atoms with Crippen molar-refractivity contribution < 1.29 is 23.8 Å². The number of carbonyl (C=O) groups excluding carboxylic acids is 1. The summed E-state index contributed by atoms with van der Waals surface area (Å²) in [4.78, 5) is 28.8. The van der Waals surface area contributed by atoms with Crippen LogP contribution in [0.5, 0.6) is 0 Å². The average Bonchev–Trinajstić information content (AvgIpc) is 3.44. The molecule has 9 nitrogen and oxygen atoms in total. The predicted molar refractivity (Wildman–Crippen MR) is 142 cm³/mol. The molecule has 0 saturated carbocycles. The van der Waals surface area contributed by atoms with Gasteiger partial charge in [0.2, 0.25) is 5.71 Å². The highest BCUT2D eigenvalue weighted by Crippen LogP contribution is 2.31. The Morgan fingerprint density at radius 2 is 2.00 bits per heavy atom. The number of fused-ring (bicyclic) bond motifs is 1. The van der Waals surface area contributed by atoms with Crippen LogP contribution in [-0.2, 0) is 20.7 Å². The first-order valence-corrected chi connectivity index (χ1v) is 12.6. The van der Waals surface area contributed by atoms with Gasteiger partial charge in [-0.2, -0.15) is 4.98 Å². The van der Waals surface area contributed by atoms with E-state index in [4.69, 9.17) is 19.6 Å². The first-order chi connectivity index (χ1) is 17.3. The number of hydrogen-bond acceptors (Lipinski definition) is 8. The van der Waals surface area contributed by atoms with Crippen LogP contribution >= 0.6 is 12.4 Å². The number of aryl methyl sites for hydroxylation is 1. The van der Waals surface area contributed by atoms with E-state index < -0.39 is 36.1 Å². The Kier molecular flexibility index (Phi) is 9.89. The van der Waals surface area contributed by atoms with E-state index in [-0.39, 0.29) is 37.1 Å². The Morgan fingerprint density at radius 1 is 1.27 bits per heavy atom. The Labute approximate surface area is 222 Å². The van der Waals surface area contributed by atoms with Gasteiger partial charge >= 0.3 is 11.7 Å². The first kappa shape index (κ1) is 28.8. The molecule has 4 rings (SSSR count). The second kappa shape index (κ2) is 12.7. The number of ether oxygens (including phenoxy) is 2. The van der Waals surface area contributed by atoms with Crippen LogP contribution in [0.25, 0.3) is 22.4 Å². The van der Waals surface area contributed by atoms with E-state index in [1.54, 1.807) is 6.20 Å². The fraction of sp³-hybridized carbons (Fsp3) is 0.519. The van der Waals surface area contributed by atoms with E-state index in [0.29, 0.717) is 11.1 Å². The van der Waals surface area contributed by atoms with E-state index in [1.165, 1.54) is 29.4 Å². The van der Waals surface area contributed by atoms with Crippen molar-refractivity contribution in [1.82, 2.24) is 9.55 Å². The molecule has 3 heterocycles. The third kappa shape index (κ3) is 6.78. The van der Waals surface area contributed by atoms with Crippen molar-refractivity contribution in [3.63, 3.8) is 0 Å². The van der Waals surface area contributed by atoms with E-state index >= 15 is 0 Å². The molecule has 37 heavy (non-hydrogen) atoms. The third-order valence-electron chi connectivity index (χ3n) is 6.64. The highest BCUT2D eigenvalue weighted by atomic mass is 35.5. The van der Waals surface area contributed by atoms with Gasteiger partial charge in [-0.3, -0.25) is 9.36 Å². The van der Waals surface area contributed by atoms with E-state index in [2.05, 4.69) is 24.0 Å². The monoisotopic (exact) mass is 533 g/mol. The largest absolute Gasteiger partial charge is 0.462 e. The molecule has 0 spiro atoms. The quantitative estimate of drug-likeness (QED) is 0.295. The summed E-state index contributed by atoms with van der Waals surface area (Å²) in [5.74, 6) is -0.00235. The molecular weight excluding hydrogens is 498 g/mol. The van der Waals surface area contributed by atoms with Gasteiger partial charge in [-0.15, -0.1) is 12.4 Å². The number of aliphatic hydroxyl groups excluding tert-OH is 1. The number of carbonyl (C=O) groups is 1. The summed E-state index contributed by atoms with van der Waals surface area (Å²) in [5.41, 5.74) is 7.68. The topological polar surface area (TPSA) is 130 Å². The molecule has 4 atom stereocenters. The predicted octanol–water partition coefficient (Wildman–Crippen LogP) is 3.99. The molecular formula is C27H36ClN3O6. The number of aromatic nitrogens is 2. The van der Waals surface area contributed by atoms with Crippen LogP contribution in [0.15, 0.2) is 45.7 Å². The molecule has 0 amide bonds. The van der Waals surface area contributed by atoms with Gasteiger partial charge in [-0.05, 0) is 30.4 Å². The number of unbranched alkanes of at least 4 members (excludes halogenated alkanes) is 2. The highest BCUT2D eigenvalue weighted by Gasteiger charge is 2.37. The number of nitrogens with two attached hydrogens (primary N) is 1. The molecule has 1 saturated heterocycles. The minimum atomic E-state index is -0.906. The van der Waals surface area contributed by atoms with Crippen LogP contribution in [0.1, 0.15) is 58.2 Å². The van der Waals surface area contributed by atoms with E-state index in [9.17, 15) is 14.7 Å². The molecule has 4 unspecified atom stereocenters. The number of nitrogens with zero attached hydrogens (tertiary/aromatic N) is 2. The smallest absolute Gasteiger partial charge is 0.353 e. The Morgan fingerprint density at radius 3 is 2.68 bits per heavy atom. The zero-order valence-corrected chi connectivity index (χ0v) is 22.3. The van der Waals surface area contributed by atoms with Gasteiger partial charge in [0.15, 0.2) is 0 Å². The molecule has 1 aliphatic rings. The van der Waals surface area contributed by atoms with Crippen LogP contribution in [-0.4, -0.2) is 45.5 Å². The number of hydrogen-bond donors (Lipinski definition) is 2. The summed E-state index contributed by atoms with van der Waals surface area (Å²) < 4.78 is 18.3. The molecule has 202 valence electrons. The Balaban J connectivity index is 0.00000380. The number of rotatable bonds is 10. The molecule has 1 fully saturated rings. The van der Waals surface area contributed by atoms with Gasteiger partial charge in [0.25, 0.3) is 0 Å². The highest BCUT2D eigenvalue weighted by molar-refractivity contribution is 5.85. The van der Waals surface area contributed by atoms with Crippen LogP contribution in [0.3, 0.4) is 0 Å². The fourth-order valence-electron chi connectivity index (χ4n) is 4.26. The lowest BCUT2D eigenvalue weighted by Gasteiger charge is -2.18. The molecule has 3 aromatic rings. The first-order valence-electron chi connectivity index (χ1n) is 12.6. The standard InChI is InChI=1S/C27H35N3O6.ClH/c1-4-5-6-7-17-8-10-18(11-9-17)21-12-19-14-30(27(33)29-25(19)36-21)23-13-20(31)22(35-23)15-34-26(32)24(28)16(2)3;/h8-12,14,16,20,22-24,31H,4-7,13,15,28H2,1-3H3;1H. The van der Waals surface area contributed by atoms with Crippen molar-refractivity contribution in [2.45, 2.75) is 77.4 Å². The maximum atomic E-state index is 12.7. The van der Waals surface area contributed by atoms with Crippen LogP contribution in [0, 0.1) is 5.92 Å². The molecule has 0 bridgehead atoms. The average molecular weight is 534 g/mol. The van der Waals surface area contributed by atoms with Gasteiger partial charge < -0.3 is 24.7 Å².